The van der Waals surface area contributed by atoms with E-state index in [1.54, 1.807) is 0 Å². The maximum atomic E-state index is 12.8. The molecule has 0 N–H and O–H groups in total. The van der Waals surface area contributed by atoms with E-state index >= 15 is 0 Å². The lowest BCUT2D eigenvalue weighted by atomic mass is 9.81. The van der Waals surface area contributed by atoms with Gasteiger partial charge in [0.05, 0.1) is 0 Å². The number of hydrogen-bond acceptors (Lipinski definition) is 2. The average Bonchev–Trinajstić information content (AvgIpc) is 2.59. The first kappa shape index (κ1) is 18.2. The molecular weight excluding hydrogens is 282 g/mol. The smallest absolute Gasteiger partial charge is 0.165 e. The zero-order valence-corrected chi connectivity index (χ0v) is 15.4. The van der Waals surface area contributed by atoms with Crippen molar-refractivity contribution in [1.29, 1.82) is 0 Å². The minimum atomic E-state index is 0.129. The summed E-state index contributed by atoms with van der Waals surface area (Å²) in [6.07, 6.45) is 6.73. The van der Waals surface area contributed by atoms with Gasteiger partial charge in [-0.1, -0.05) is 45.9 Å². The Morgan fingerprint density at radius 3 is 2.52 bits per heavy atom. The Hall–Kier alpha value is -1.15. The minimum absolute atomic E-state index is 0.129. The Morgan fingerprint density at radius 1 is 1.22 bits per heavy atom. The number of benzene rings is 1. The molecular formula is C21H33NO. The number of hydrogen-bond donors (Lipinski definition) is 0. The van der Waals surface area contributed by atoms with Crippen molar-refractivity contribution < 1.29 is 4.79 Å². The van der Waals surface area contributed by atoms with Crippen LogP contribution in [0.15, 0.2) is 18.2 Å². The Balaban J connectivity index is 2.26. The maximum absolute atomic E-state index is 12.8. The number of carbonyl (C=O) groups excluding carboxylic acids is 1. The first-order valence-electron chi connectivity index (χ1n) is 9.51. The van der Waals surface area contributed by atoms with Gasteiger partial charge < -0.3 is 4.90 Å². The van der Waals surface area contributed by atoms with Gasteiger partial charge in [0.2, 0.25) is 0 Å². The lowest BCUT2D eigenvalue weighted by Crippen LogP contribution is -2.40. The molecule has 128 valence electrons. The van der Waals surface area contributed by atoms with Crippen LogP contribution in [0, 0.1) is 5.92 Å². The average molecular weight is 316 g/mol. The quantitative estimate of drug-likeness (QED) is 0.636. The van der Waals surface area contributed by atoms with E-state index in [1.807, 2.05) is 0 Å². The SMILES string of the molecule is CCCN(CCC)C1CCc2cccc(C(=O)C(C)CC)c2C1. The molecule has 0 heterocycles. The summed E-state index contributed by atoms with van der Waals surface area (Å²) in [6.45, 7) is 11.0. The topological polar surface area (TPSA) is 20.3 Å². The van der Waals surface area contributed by atoms with Gasteiger partial charge in [0.1, 0.15) is 0 Å². The molecule has 0 radical (unpaired) electrons. The summed E-state index contributed by atoms with van der Waals surface area (Å²) in [5.74, 6) is 0.465. The van der Waals surface area contributed by atoms with Gasteiger partial charge in [0, 0.05) is 17.5 Å². The zero-order valence-electron chi connectivity index (χ0n) is 15.4. The molecule has 1 aromatic carbocycles. The van der Waals surface area contributed by atoms with E-state index in [1.165, 1.54) is 43.5 Å². The van der Waals surface area contributed by atoms with Crippen molar-refractivity contribution in [3.63, 3.8) is 0 Å². The van der Waals surface area contributed by atoms with E-state index < -0.39 is 0 Å². The lowest BCUT2D eigenvalue weighted by Gasteiger charge is -2.35. The Morgan fingerprint density at radius 2 is 1.91 bits per heavy atom. The molecule has 0 aromatic heterocycles. The molecule has 2 rings (SSSR count). The van der Waals surface area contributed by atoms with Crippen LogP contribution in [-0.4, -0.2) is 29.8 Å². The molecule has 2 nitrogen and oxygen atoms in total. The zero-order chi connectivity index (χ0) is 16.8. The number of aryl methyl sites for hydroxylation is 1. The summed E-state index contributed by atoms with van der Waals surface area (Å²) < 4.78 is 0. The molecule has 0 aliphatic heterocycles. The van der Waals surface area contributed by atoms with Crippen molar-refractivity contribution in [3.8, 4) is 0 Å². The molecule has 0 fully saturated rings. The van der Waals surface area contributed by atoms with E-state index in [2.05, 4.69) is 50.8 Å². The summed E-state index contributed by atoms with van der Waals surface area (Å²) >= 11 is 0. The standard InChI is InChI=1S/C21H33NO/c1-5-13-22(14-6-2)18-12-11-17-9-8-10-19(20(17)15-18)21(23)16(4)7-3/h8-10,16,18H,5-7,11-15H2,1-4H3. The molecule has 23 heavy (non-hydrogen) atoms. The number of Topliss-reactive ketones (excluding diaryl/α,β-unsaturated/α-hetero) is 1. The second kappa shape index (κ2) is 8.63. The minimum Gasteiger partial charge on any atom is -0.300 e. The highest BCUT2D eigenvalue weighted by Crippen LogP contribution is 2.29. The molecule has 1 aromatic rings. The van der Waals surface area contributed by atoms with E-state index in [4.69, 9.17) is 0 Å². The predicted molar refractivity (Wildman–Crippen MR) is 98.2 cm³/mol. The summed E-state index contributed by atoms with van der Waals surface area (Å²) in [6, 6.07) is 6.96. The molecule has 2 unspecified atom stereocenters. The van der Waals surface area contributed by atoms with E-state index in [0.717, 1.165) is 24.8 Å². The van der Waals surface area contributed by atoms with E-state index in [-0.39, 0.29) is 5.92 Å². The third-order valence-corrected chi connectivity index (χ3v) is 5.32. The van der Waals surface area contributed by atoms with Crippen molar-refractivity contribution >= 4 is 5.78 Å². The van der Waals surface area contributed by atoms with Crippen LogP contribution in [0.25, 0.3) is 0 Å². The van der Waals surface area contributed by atoms with Crippen molar-refractivity contribution in [2.45, 2.75) is 72.3 Å². The highest BCUT2D eigenvalue weighted by Gasteiger charge is 2.27. The molecule has 0 bridgehead atoms. The first-order chi connectivity index (χ1) is 11.1. The van der Waals surface area contributed by atoms with Crippen molar-refractivity contribution in [2.24, 2.45) is 5.92 Å². The van der Waals surface area contributed by atoms with Crippen LogP contribution >= 0.6 is 0 Å². The second-order valence-electron chi connectivity index (χ2n) is 7.05. The fraction of sp³-hybridized carbons (Fsp3) is 0.667. The maximum Gasteiger partial charge on any atom is 0.165 e. The molecule has 1 aliphatic carbocycles. The van der Waals surface area contributed by atoms with Crippen molar-refractivity contribution in [1.82, 2.24) is 4.90 Å². The molecule has 1 aliphatic rings. The number of nitrogens with zero attached hydrogens (tertiary/aromatic N) is 1. The van der Waals surface area contributed by atoms with Gasteiger partial charge in [-0.15, -0.1) is 0 Å². The monoisotopic (exact) mass is 315 g/mol. The number of carbonyl (C=O) groups is 1. The van der Waals surface area contributed by atoms with Crippen molar-refractivity contribution in [3.05, 3.63) is 34.9 Å². The lowest BCUT2D eigenvalue weighted by molar-refractivity contribution is 0.0924. The van der Waals surface area contributed by atoms with Crippen LogP contribution in [-0.2, 0) is 12.8 Å². The van der Waals surface area contributed by atoms with Gasteiger partial charge in [-0.05, 0) is 62.7 Å². The molecule has 2 heteroatoms. The van der Waals surface area contributed by atoms with Crippen LogP contribution in [0.2, 0.25) is 0 Å². The fourth-order valence-electron chi connectivity index (χ4n) is 3.81. The van der Waals surface area contributed by atoms with Gasteiger partial charge in [-0.2, -0.15) is 0 Å². The van der Waals surface area contributed by atoms with Crippen molar-refractivity contribution in [2.75, 3.05) is 13.1 Å². The first-order valence-corrected chi connectivity index (χ1v) is 9.51. The van der Waals surface area contributed by atoms with Gasteiger partial charge in [-0.25, -0.2) is 0 Å². The third kappa shape index (κ3) is 4.23. The Kier molecular flexibility index (Phi) is 6.83. The Bertz CT molecular complexity index is 517. The summed E-state index contributed by atoms with van der Waals surface area (Å²) in [4.78, 5) is 15.4. The van der Waals surface area contributed by atoms with E-state index in [9.17, 15) is 4.79 Å². The predicted octanol–water partition coefficient (Wildman–Crippen LogP) is 4.89. The van der Waals surface area contributed by atoms with Crippen LogP contribution in [0.4, 0.5) is 0 Å². The van der Waals surface area contributed by atoms with Crippen LogP contribution in [0.3, 0.4) is 0 Å². The summed E-state index contributed by atoms with van der Waals surface area (Å²) in [5, 5.41) is 0. The van der Waals surface area contributed by atoms with Gasteiger partial charge >= 0.3 is 0 Å². The molecule has 0 saturated heterocycles. The Labute approximate surface area is 142 Å². The van der Waals surface area contributed by atoms with Gasteiger partial charge in [0.25, 0.3) is 0 Å². The largest absolute Gasteiger partial charge is 0.300 e. The number of rotatable bonds is 8. The molecule has 0 amide bonds. The van der Waals surface area contributed by atoms with Crippen LogP contribution in [0.5, 0.6) is 0 Å². The number of ketones is 1. The second-order valence-corrected chi connectivity index (χ2v) is 7.05. The highest BCUT2D eigenvalue weighted by atomic mass is 16.1. The highest BCUT2D eigenvalue weighted by molar-refractivity contribution is 5.99. The van der Waals surface area contributed by atoms with Gasteiger partial charge in [-0.3, -0.25) is 4.79 Å². The summed E-state index contributed by atoms with van der Waals surface area (Å²) in [5.41, 5.74) is 3.74. The summed E-state index contributed by atoms with van der Waals surface area (Å²) in [7, 11) is 0. The normalized spacial score (nSPS) is 18.7. The van der Waals surface area contributed by atoms with Crippen LogP contribution in [0.1, 0.15) is 74.9 Å². The van der Waals surface area contributed by atoms with E-state index in [0.29, 0.717) is 11.8 Å². The fourth-order valence-corrected chi connectivity index (χ4v) is 3.81. The van der Waals surface area contributed by atoms with Crippen LogP contribution < -0.4 is 0 Å². The molecule has 0 spiro atoms. The molecule has 0 saturated carbocycles. The number of fused-ring (bicyclic) bond motifs is 1. The van der Waals surface area contributed by atoms with Gasteiger partial charge in [0.15, 0.2) is 5.78 Å². The third-order valence-electron chi connectivity index (χ3n) is 5.32. The molecule has 2 atom stereocenters.